The molecule has 0 heterocycles. The van der Waals surface area contributed by atoms with Crippen molar-refractivity contribution in [3.63, 3.8) is 0 Å². The van der Waals surface area contributed by atoms with Gasteiger partial charge in [-0.3, -0.25) is 9.59 Å². The lowest BCUT2D eigenvalue weighted by Gasteiger charge is -2.27. The summed E-state index contributed by atoms with van der Waals surface area (Å²) in [5.74, 6) is -2.11. The van der Waals surface area contributed by atoms with Gasteiger partial charge < -0.3 is 24.8 Å². The lowest BCUT2D eigenvalue weighted by Crippen LogP contribution is -2.52. The minimum atomic E-state index is -1.26. The van der Waals surface area contributed by atoms with Crippen molar-refractivity contribution >= 4 is 23.9 Å². The lowest BCUT2D eigenvalue weighted by molar-refractivity contribution is -0.165. The number of hydrogen-bond acceptors (Lipinski definition) is 7. The summed E-state index contributed by atoms with van der Waals surface area (Å²) in [4.78, 5) is 48.9. The highest BCUT2D eigenvalue weighted by atomic mass is 16.6. The normalized spacial score (nSPS) is 14.3. The Morgan fingerprint density at radius 2 is 1.17 bits per heavy atom. The highest BCUT2D eigenvalue weighted by molar-refractivity contribution is 5.91. The van der Waals surface area contributed by atoms with E-state index in [0.29, 0.717) is 0 Å². The first-order chi connectivity index (χ1) is 12.8. The summed E-state index contributed by atoms with van der Waals surface area (Å²) in [7, 11) is 0. The van der Waals surface area contributed by atoms with E-state index < -0.39 is 59.2 Å². The summed E-state index contributed by atoms with van der Waals surface area (Å²) >= 11 is 0. The van der Waals surface area contributed by atoms with Crippen LogP contribution in [0.2, 0.25) is 0 Å². The molecule has 0 aromatic heterocycles. The van der Waals surface area contributed by atoms with Crippen LogP contribution in [0.1, 0.15) is 75.7 Å². The smallest absolute Gasteiger partial charge is 0.408 e. The van der Waals surface area contributed by atoms with Gasteiger partial charge in [-0.15, -0.1) is 0 Å². The number of alkyl carbamates (subject to hydrolysis) is 1. The molecule has 0 spiro atoms. The monoisotopic (exact) mass is 416 g/mol. The third kappa shape index (κ3) is 13.5. The summed E-state index contributed by atoms with van der Waals surface area (Å²) in [6.07, 6.45) is -1.18. The van der Waals surface area contributed by atoms with Crippen LogP contribution in [0.3, 0.4) is 0 Å². The van der Waals surface area contributed by atoms with Crippen molar-refractivity contribution < 1.29 is 33.4 Å². The SMILES string of the molecule is C[C@H](NC(=O)OC(C)(C)C)C(=O)N[C@@H](CC(=O)OC(C)(C)C)C(=O)OC(C)(C)C. The maximum absolute atomic E-state index is 12.5. The van der Waals surface area contributed by atoms with E-state index in [9.17, 15) is 19.2 Å². The summed E-state index contributed by atoms with van der Waals surface area (Å²) in [5, 5.41) is 4.82. The molecule has 0 bridgehead atoms. The molecule has 2 atom stereocenters. The average molecular weight is 417 g/mol. The van der Waals surface area contributed by atoms with Crippen molar-refractivity contribution in [3.05, 3.63) is 0 Å². The molecule has 29 heavy (non-hydrogen) atoms. The van der Waals surface area contributed by atoms with Gasteiger partial charge in [0.25, 0.3) is 0 Å². The number of esters is 2. The Morgan fingerprint density at radius 1 is 0.724 bits per heavy atom. The molecule has 9 heteroatoms. The van der Waals surface area contributed by atoms with Gasteiger partial charge in [0.15, 0.2) is 0 Å². The van der Waals surface area contributed by atoms with Crippen molar-refractivity contribution in [1.82, 2.24) is 10.6 Å². The molecule has 2 amide bonds. The zero-order chi connectivity index (χ0) is 23.2. The molecule has 0 saturated carbocycles. The fraction of sp³-hybridized carbons (Fsp3) is 0.800. The zero-order valence-electron chi connectivity index (χ0n) is 19.2. The Labute approximate surface area is 173 Å². The van der Waals surface area contributed by atoms with Gasteiger partial charge in [0.05, 0.1) is 6.42 Å². The van der Waals surface area contributed by atoms with Gasteiger partial charge in [-0.1, -0.05) is 0 Å². The van der Waals surface area contributed by atoms with E-state index in [1.807, 2.05) is 0 Å². The first-order valence-electron chi connectivity index (χ1n) is 9.54. The minimum absolute atomic E-state index is 0.406. The van der Waals surface area contributed by atoms with E-state index >= 15 is 0 Å². The number of carbonyl (C=O) groups excluding carboxylic acids is 4. The fourth-order valence-corrected chi connectivity index (χ4v) is 1.96. The van der Waals surface area contributed by atoms with Gasteiger partial charge >= 0.3 is 18.0 Å². The third-order valence-corrected chi connectivity index (χ3v) is 2.93. The lowest BCUT2D eigenvalue weighted by atomic mass is 10.1. The third-order valence-electron chi connectivity index (χ3n) is 2.93. The van der Waals surface area contributed by atoms with Gasteiger partial charge in [0, 0.05) is 0 Å². The molecule has 2 N–H and O–H groups in total. The number of ether oxygens (including phenoxy) is 3. The minimum Gasteiger partial charge on any atom is -0.460 e. The van der Waals surface area contributed by atoms with Crippen LogP contribution in [0.15, 0.2) is 0 Å². The number of carbonyl (C=O) groups is 4. The average Bonchev–Trinajstić information content (AvgIpc) is 2.39. The number of nitrogens with one attached hydrogen (secondary N) is 2. The topological polar surface area (TPSA) is 120 Å². The standard InChI is InChI=1S/C20H36N2O7/c1-12(21-17(26)29-20(8,9)10)15(24)22-13(16(25)28-19(5,6)7)11-14(23)27-18(2,3)4/h12-13H,11H2,1-10H3,(H,21,26)(H,22,24)/t12-,13-/m0/s1. The Kier molecular flexibility index (Phi) is 9.14. The van der Waals surface area contributed by atoms with Crippen LogP contribution in [0.4, 0.5) is 4.79 Å². The quantitative estimate of drug-likeness (QED) is 0.504. The Morgan fingerprint density at radius 3 is 1.59 bits per heavy atom. The second-order valence-electron chi connectivity index (χ2n) is 9.75. The molecular weight excluding hydrogens is 380 g/mol. The van der Waals surface area contributed by atoms with Crippen LogP contribution in [0, 0.1) is 0 Å². The molecule has 0 fully saturated rings. The number of rotatable bonds is 6. The predicted molar refractivity (Wildman–Crippen MR) is 107 cm³/mol. The molecule has 9 nitrogen and oxygen atoms in total. The van der Waals surface area contributed by atoms with Crippen molar-refractivity contribution in [2.75, 3.05) is 0 Å². The van der Waals surface area contributed by atoms with E-state index in [1.165, 1.54) is 6.92 Å². The van der Waals surface area contributed by atoms with Gasteiger partial charge in [-0.05, 0) is 69.2 Å². The molecule has 0 saturated heterocycles. The molecule has 0 rings (SSSR count). The van der Waals surface area contributed by atoms with Crippen molar-refractivity contribution in [3.8, 4) is 0 Å². The Bertz CT molecular complexity index is 610. The number of hydrogen-bond donors (Lipinski definition) is 2. The van der Waals surface area contributed by atoms with E-state index in [2.05, 4.69) is 10.6 Å². The summed E-state index contributed by atoms with van der Waals surface area (Å²) in [6.45, 7) is 16.6. The molecule has 168 valence electrons. The molecule has 0 aromatic rings. The van der Waals surface area contributed by atoms with E-state index in [4.69, 9.17) is 14.2 Å². The maximum atomic E-state index is 12.5. The molecular formula is C20H36N2O7. The van der Waals surface area contributed by atoms with Crippen LogP contribution >= 0.6 is 0 Å². The van der Waals surface area contributed by atoms with Crippen molar-refractivity contribution in [2.24, 2.45) is 0 Å². The van der Waals surface area contributed by atoms with Crippen LogP contribution in [-0.2, 0) is 28.6 Å². The highest BCUT2D eigenvalue weighted by Crippen LogP contribution is 2.13. The largest absolute Gasteiger partial charge is 0.460 e. The van der Waals surface area contributed by atoms with Gasteiger partial charge in [0.2, 0.25) is 5.91 Å². The van der Waals surface area contributed by atoms with Crippen molar-refractivity contribution in [1.29, 1.82) is 0 Å². The van der Waals surface area contributed by atoms with Crippen LogP contribution in [0.5, 0.6) is 0 Å². The van der Waals surface area contributed by atoms with Gasteiger partial charge in [0.1, 0.15) is 28.9 Å². The summed E-state index contributed by atoms with van der Waals surface area (Å²) < 4.78 is 15.6. The molecule has 0 aromatic carbocycles. The highest BCUT2D eigenvalue weighted by Gasteiger charge is 2.32. The molecule has 0 aliphatic heterocycles. The summed E-state index contributed by atoms with van der Waals surface area (Å²) in [5.41, 5.74) is -2.28. The Balaban J connectivity index is 5.17. The summed E-state index contributed by atoms with van der Waals surface area (Å²) in [6, 6.07) is -2.27. The van der Waals surface area contributed by atoms with Crippen molar-refractivity contribution in [2.45, 2.75) is 105 Å². The van der Waals surface area contributed by atoms with Crippen LogP contribution in [0.25, 0.3) is 0 Å². The van der Waals surface area contributed by atoms with Gasteiger partial charge in [-0.2, -0.15) is 0 Å². The fourth-order valence-electron chi connectivity index (χ4n) is 1.96. The van der Waals surface area contributed by atoms with Crippen LogP contribution in [-0.4, -0.2) is 52.8 Å². The molecule has 0 radical (unpaired) electrons. The number of amides is 2. The predicted octanol–water partition coefficient (Wildman–Crippen LogP) is 2.46. The molecule has 0 aliphatic carbocycles. The Hall–Kier alpha value is -2.32. The molecule has 0 aliphatic rings. The molecule has 0 unspecified atom stereocenters. The second-order valence-corrected chi connectivity index (χ2v) is 9.75. The first kappa shape index (κ1) is 26.7. The van der Waals surface area contributed by atoms with E-state index in [1.54, 1.807) is 62.3 Å². The zero-order valence-corrected chi connectivity index (χ0v) is 19.2. The maximum Gasteiger partial charge on any atom is 0.408 e. The van der Waals surface area contributed by atoms with Gasteiger partial charge in [-0.25, -0.2) is 9.59 Å². The van der Waals surface area contributed by atoms with Crippen LogP contribution < -0.4 is 10.6 Å². The van der Waals surface area contributed by atoms with E-state index in [0.717, 1.165) is 0 Å². The second kappa shape index (κ2) is 9.93. The van der Waals surface area contributed by atoms with E-state index in [-0.39, 0.29) is 0 Å². The first-order valence-corrected chi connectivity index (χ1v) is 9.54.